The first kappa shape index (κ1) is 13.4. The molecule has 0 heterocycles. The SMILES string of the molecule is CC1CCC(C#N)C(Oc2ccc(C(N)=O)cc2)C1. The first-order valence-corrected chi connectivity index (χ1v) is 6.56. The Labute approximate surface area is 113 Å². The molecule has 2 N–H and O–H groups in total. The standard InChI is InChI=1S/C15H18N2O2/c1-10-2-3-12(9-16)14(8-10)19-13-6-4-11(5-7-13)15(17)18/h4-7,10,12,14H,2-3,8H2,1H3,(H2,17,18). The first-order valence-electron chi connectivity index (χ1n) is 6.56. The van der Waals surface area contributed by atoms with Crippen LogP contribution in [0.4, 0.5) is 0 Å². The van der Waals surface area contributed by atoms with Gasteiger partial charge in [0.25, 0.3) is 0 Å². The summed E-state index contributed by atoms with van der Waals surface area (Å²) in [5.41, 5.74) is 5.65. The molecule has 1 aromatic carbocycles. The molecule has 19 heavy (non-hydrogen) atoms. The molecular formula is C15H18N2O2. The number of nitrogens with zero attached hydrogens (tertiary/aromatic N) is 1. The Bertz CT molecular complexity index is 490. The van der Waals surface area contributed by atoms with Crippen LogP contribution in [-0.4, -0.2) is 12.0 Å². The van der Waals surface area contributed by atoms with Gasteiger partial charge in [-0.1, -0.05) is 6.92 Å². The monoisotopic (exact) mass is 258 g/mol. The van der Waals surface area contributed by atoms with Crippen LogP contribution in [0.1, 0.15) is 36.5 Å². The van der Waals surface area contributed by atoms with E-state index >= 15 is 0 Å². The van der Waals surface area contributed by atoms with E-state index in [1.54, 1.807) is 24.3 Å². The van der Waals surface area contributed by atoms with Gasteiger partial charge in [-0.25, -0.2) is 0 Å². The molecule has 0 spiro atoms. The van der Waals surface area contributed by atoms with Gasteiger partial charge in [0.1, 0.15) is 11.9 Å². The highest BCUT2D eigenvalue weighted by Gasteiger charge is 2.30. The van der Waals surface area contributed by atoms with Crippen LogP contribution in [0.25, 0.3) is 0 Å². The molecule has 1 aromatic rings. The number of nitrogens with two attached hydrogens (primary N) is 1. The maximum Gasteiger partial charge on any atom is 0.248 e. The van der Waals surface area contributed by atoms with Crippen molar-refractivity contribution in [1.29, 1.82) is 5.26 Å². The fraction of sp³-hybridized carbons (Fsp3) is 0.467. The van der Waals surface area contributed by atoms with Crippen LogP contribution in [-0.2, 0) is 0 Å². The van der Waals surface area contributed by atoms with Crippen molar-refractivity contribution in [3.05, 3.63) is 29.8 Å². The van der Waals surface area contributed by atoms with Gasteiger partial charge in [-0.15, -0.1) is 0 Å². The van der Waals surface area contributed by atoms with Gasteiger partial charge in [0.15, 0.2) is 0 Å². The number of nitriles is 1. The Morgan fingerprint density at radius 1 is 1.37 bits per heavy atom. The third-order valence-corrected chi connectivity index (χ3v) is 3.65. The van der Waals surface area contributed by atoms with Gasteiger partial charge in [0.2, 0.25) is 5.91 Å². The molecule has 0 bridgehead atoms. The van der Waals surface area contributed by atoms with E-state index in [1.807, 2.05) is 0 Å². The number of primary amides is 1. The summed E-state index contributed by atoms with van der Waals surface area (Å²) in [6.45, 7) is 2.18. The Morgan fingerprint density at radius 3 is 2.63 bits per heavy atom. The Morgan fingerprint density at radius 2 is 2.05 bits per heavy atom. The highest BCUT2D eigenvalue weighted by molar-refractivity contribution is 5.92. The van der Waals surface area contributed by atoms with E-state index in [0.29, 0.717) is 17.2 Å². The Hall–Kier alpha value is -2.02. The van der Waals surface area contributed by atoms with E-state index in [0.717, 1.165) is 19.3 Å². The lowest BCUT2D eigenvalue weighted by atomic mass is 9.81. The second-order valence-corrected chi connectivity index (χ2v) is 5.20. The molecule has 1 saturated carbocycles. The molecule has 1 aliphatic carbocycles. The zero-order valence-corrected chi connectivity index (χ0v) is 11.0. The minimum atomic E-state index is -0.451. The summed E-state index contributed by atoms with van der Waals surface area (Å²) in [6, 6.07) is 9.07. The summed E-state index contributed by atoms with van der Waals surface area (Å²) in [5, 5.41) is 9.15. The third kappa shape index (κ3) is 3.25. The number of hydrogen-bond donors (Lipinski definition) is 1. The Balaban J connectivity index is 2.06. The van der Waals surface area contributed by atoms with Crippen molar-refractivity contribution in [1.82, 2.24) is 0 Å². The van der Waals surface area contributed by atoms with Crippen LogP contribution in [0.2, 0.25) is 0 Å². The van der Waals surface area contributed by atoms with Crippen molar-refractivity contribution in [3.8, 4) is 11.8 Å². The maximum atomic E-state index is 11.0. The minimum Gasteiger partial charge on any atom is -0.489 e. The van der Waals surface area contributed by atoms with E-state index in [-0.39, 0.29) is 12.0 Å². The molecule has 1 fully saturated rings. The van der Waals surface area contributed by atoms with Crippen LogP contribution in [0.15, 0.2) is 24.3 Å². The van der Waals surface area contributed by atoms with Crippen molar-refractivity contribution in [3.63, 3.8) is 0 Å². The molecule has 0 aliphatic heterocycles. The van der Waals surface area contributed by atoms with E-state index < -0.39 is 5.91 Å². The van der Waals surface area contributed by atoms with Crippen molar-refractivity contribution in [2.24, 2.45) is 17.6 Å². The lowest BCUT2D eigenvalue weighted by Crippen LogP contribution is -2.32. The van der Waals surface area contributed by atoms with Crippen LogP contribution >= 0.6 is 0 Å². The van der Waals surface area contributed by atoms with Crippen molar-refractivity contribution in [2.45, 2.75) is 32.3 Å². The van der Waals surface area contributed by atoms with Gasteiger partial charge in [-0.3, -0.25) is 4.79 Å². The molecule has 0 radical (unpaired) electrons. The minimum absolute atomic E-state index is 0.0491. The molecule has 0 aromatic heterocycles. The highest BCUT2D eigenvalue weighted by Crippen LogP contribution is 2.31. The summed E-state index contributed by atoms with van der Waals surface area (Å²) in [5.74, 6) is 0.767. The Kier molecular flexibility index (Phi) is 4.06. The van der Waals surface area contributed by atoms with Crippen LogP contribution < -0.4 is 10.5 Å². The molecule has 4 heteroatoms. The second-order valence-electron chi connectivity index (χ2n) is 5.20. The first-order chi connectivity index (χ1) is 9.10. The zero-order chi connectivity index (χ0) is 13.8. The summed E-state index contributed by atoms with van der Waals surface area (Å²) in [7, 11) is 0. The number of carbonyl (C=O) groups is 1. The lowest BCUT2D eigenvalue weighted by molar-refractivity contribution is 0.0955. The fourth-order valence-electron chi connectivity index (χ4n) is 2.48. The molecular weight excluding hydrogens is 240 g/mol. The molecule has 3 unspecified atom stereocenters. The van der Waals surface area contributed by atoms with E-state index in [1.165, 1.54) is 0 Å². The predicted molar refractivity (Wildman–Crippen MR) is 71.5 cm³/mol. The average molecular weight is 258 g/mol. The summed E-state index contributed by atoms with van der Waals surface area (Å²) in [6.07, 6.45) is 2.81. The van der Waals surface area contributed by atoms with Crippen LogP contribution in [0.5, 0.6) is 5.75 Å². The number of benzene rings is 1. The van der Waals surface area contributed by atoms with E-state index in [2.05, 4.69) is 13.0 Å². The number of amides is 1. The van der Waals surface area contributed by atoms with Gasteiger partial charge in [0, 0.05) is 5.56 Å². The second kappa shape index (κ2) is 5.75. The van der Waals surface area contributed by atoms with Crippen molar-refractivity contribution in [2.75, 3.05) is 0 Å². The zero-order valence-electron chi connectivity index (χ0n) is 11.0. The lowest BCUT2D eigenvalue weighted by Gasteiger charge is -2.31. The molecule has 2 rings (SSSR count). The fourth-order valence-corrected chi connectivity index (χ4v) is 2.48. The quantitative estimate of drug-likeness (QED) is 0.904. The van der Waals surface area contributed by atoms with Crippen LogP contribution in [0, 0.1) is 23.2 Å². The number of ether oxygens (including phenoxy) is 1. The number of carbonyl (C=O) groups excluding carboxylic acids is 1. The third-order valence-electron chi connectivity index (χ3n) is 3.65. The van der Waals surface area contributed by atoms with Gasteiger partial charge in [0.05, 0.1) is 12.0 Å². The van der Waals surface area contributed by atoms with Gasteiger partial charge in [-0.2, -0.15) is 5.26 Å². The van der Waals surface area contributed by atoms with E-state index in [9.17, 15) is 4.79 Å². The summed E-state index contributed by atoms with van der Waals surface area (Å²) < 4.78 is 5.89. The van der Waals surface area contributed by atoms with Crippen molar-refractivity contribution < 1.29 is 9.53 Å². The molecule has 1 amide bonds. The van der Waals surface area contributed by atoms with Gasteiger partial charge >= 0.3 is 0 Å². The molecule has 4 nitrogen and oxygen atoms in total. The van der Waals surface area contributed by atoms with Crippen molar-refractivity contribution >= 4 is 5.91 Å². The molecule has 0 saturated heterocycles. The largest absolute Gasteiger partial charge is 0.489 e. The normalized spacial score (nSPS) is 26.4. The van der Waals surface area contributed by atoms with Crippen LogP contribution in [0.3, 0.4) is 0 Å². The summed E-state index contributed by atoms with van der Waals surface area (Å²) in [4.78, 5) is 11.0. The topological polar surface area (TPSA) is 76.1 Å². The van der Waals surface area contributed by atoms with Gasteiger partial charge < -0.3 is 10.5 Å². The number of hydrogen-bond acceptors (Lipinski definition) is 3. The summed E-state index contributed by atoms with van der Waals surface area (Å²) >= 11 is 0. The van der Waals surface area contributed by atoms with E-state index in [4.69, 9.17) is 15.7 Å². The molecule has 100 valence electrons. The smallest absolute Gasteiger partial charge is 0.248 e. The number of rotatable bonds is 3. The molecule has 3 atom stereocenters. The van der Waals surface area contributed by atoms with Gasteiger partial charge in [-0.05, 0) is 49.4 Å². The predicted octanol–water partition coefficient (Wildman–Crippen LogP) is 2.49. The highest BCUT2D eigenvalue weighted by atomic mass is 16.5. The molecule has 1 aliphatic rings. The average Bonchev–Trinajstić information content (AvgIpc) is 2.39. The maximum absolute atomic E-state index is 11.0.